The summed E-state index contributed by atoms with van der Waals surface area (Å²) in [6, 6.07) is -0.588. The van der Waals surface area contributed by atoms with Crippen LogP contribution in [0.25, 0.3) is 0 Å². The normalized spacial score (nSPS) is 14.0. The molecule has 0 aromatic rings. The van der Waals surface area contributed by atoms with Gasteiger partial charge in [0.15, 0.2) is 5.78 Å². The molecule has 0 radical (unpaired) electrons. The van der Waals surface area contributed by atoms with Crippen LogP contribution in [0.5, 0.6) is 0 Å². The summed E-state index contributed by atoms with van der Waals surface area (Å²) >= 11 is 1.48. The molecular weight excluding hydrogens is 643 g/mol. The zero-order valence-electron chi connectivity index (χ0n) is 33.4. The third-order valence-corrected chi connectivity index (χ3v) is 10.9. The van der Waals surface area contributed by atoms with Crippen molar-refractivity contribution in [3.05, 3.63) is 0 Å². The third kappa shape index (κ3) is 29.5. The second-order valence-electron chi connectivity index (χ2n) is 15.9. The highest BCUT2D eigenvalue weighted by atomic mass is 32.2. The lowest BCUT2D eigenvalue weighted by Crippen LogP contribution is -2.41. The number of carbonyl (C=O) groups is 3. The van der Waals surface area contributed by atoms with Crippen molar-refractivity contribution >= 4 is 29.5 Å². The van der Waals surface area contributed by atoms with Gasteiger partial charge in [0.25, 0.3) is 0 Å². The minimum absolute atomic E-state index is 0. The van der Waals surface area contributed by atoms with Gasteiger partial charge in [0.1, 0.15) is 12.7 Å². The van der Waals surface area contributed by atoms with Crippen molar-refractivity contribution in [1.82, 2.24) is 0 Å². The first-order valence-corrected chi connectivity index (χ1v) is 21.8. The van der Waals surface area contributed by atoms with Gasteiger partial charge in [0.05, 0.1) is 17.9 Å². The first-order valence-electron chi connectivity index (χ1n) is 20.7. The second kappa shape index (κ2) is 33.7. The Morgan fingerprint density at radius 1 is 0.580 bits per heavy atom. The Hall–Kier alpha value is -1.08. The number of ketones is 1. The van der Waals surface area contributed by atoms with Crippen molar-refractivity contribution in [3.63, 3.8) is 0 Å². The van der Waals surface area contributed by atoms with Gasteiger partial charge in [-0.3, -0.25) is 14.4 Å². The first kappa shape index (κ1) is 51.0. The van der Waals surface area contributed by atoms with E-state index in [0.717, 1.165) is 38.5 Å². The molecule has 50 heavy (non-hydrogen) atoms. The highest BCUT2D eigenvalue weighted by molar-refractivity contribution is 7.99. The number of hydrogen-bond donors (Lipinski definition) is 1. The van der Waals surface area contributed by atoms with E-state index in [2.05, 4.69) is 13.8 Å². The van der Waals surface area contributed by atoms with Gasteiger partial charge in [-0.15, -0.1) is 0 Å². The summed E-state index contributed by atoms with van der Waals surface area (Å²) in [5, 5.41) is 0. The number of carbonyl (C=O) groups excluding carboxylic acids is 3. The summed E-state index contributed by atoms with van der Waals surface area (Å²) in [6.07, 6.45) is 29.2. The predicted octanol–water partition coefficient (Wildman–Crippen LogP) is 12.4. The molecule has 0 heterocycles. The summed E-state index contributed by atoms with van der Waals surface area (Å²) in [6.45, 7) is 14.0. The Kier molecular flexibility index (Phi) is 34.4. The fourth-order valence-electron chi connectivity index (χ4n) is 6.14. The fraction of sp³-hybridized carbons (Fsp3) is 0.930. The number of esters is 2. The van der Waals surface area contributed by atoms with Crippen molar-refractivity contribution < 1.29 is 23.9 Å². The largest absolute Gasteiger partial charge is 0.461 e. The van der Waals surface area contributed by atoms with Gasteiger partial charge in [-0.2, -0.15) is 11.8 Å². The molecule has 7 heteroatoms. The van der Waals surface area contributed by atoms with E-state index in [0.29, 0.717) is 11.5 Å². The zero-order chi connectivity index (χ0) is 36.8. The van der Waals surface area contributed by atoms with Crippen molar-refractivity contribution in [3.8, 4) is 0 Å². The zero-order valence-corrected chi connectivity index (χ0v) is 34.2. The van der Waals surface area contributed by atoms with Crippen molar-refractivity contribution in [2.24, 2.45) is 23.0 Å². The first-order chi connectivity index (χ1) is 23.4. The molecule has 0 fully saturated rings. The van der Waals surface area contributed by atoms with Gasteiger partial charge in [-0.1, -0.05) is 197 Å². The quantitative estimate of drug-likeness (QED) is 0.0520. The maximum atomic E-state index is 13.1. The summed E-state index contributed by atoms with van der Waals surface area (Å²) in [5.41, 5.74) is 5.68. The van der Waals surface area contributed by atoms with Gasteiger partial charge >= 0.3 is 11.9 Å². The van der Waals surface area contributed by atoms with Gasteiger partial charge in [0.2, 0.25) is 0 Å². The number of Topliss-reactive ketones (excluding diaryl/α,β-unsaturated/α-hetero) is 1. The van der Waals surface area contributed by atoms with E-state index in [4.69, 9.17) is 15.2 Å². The van der Waals surface area contributed by atoms with E-state index < -0.39 is 17.6 Å². The molecule has 0 saturated carbocycles. The van der Waals surface area contributed by atoms with E-state index >= 15 is 0 Å². The summed E-state index contributed by atoms with van der Waals surface area (Å²) in [4.78, 5) is 38.5. The second-order valence-corrected chi connectivity index (χ2v) is 17.0. The minimum atomic E-state index is -0.588. The lowest BCUT2D eigenvalue weighted by molar-refractivity contribution is -0.162. The van der Waals surface area contributed by atoms with Gasteiger partial charge in [0, 0.05) is 16.9 Å². The molecule has 0 aromatic heterocycles. The summed E-state index contributed by atoms with van der Waals surface area (Å²) < 4.78 is 11.6. The van der Waals surface area contributed by atoms with Crippen LogP contribution < -0.4 is 5.73 Å². The van der Waals surface area contributed by atoms with Crippen LogP contribution in [0.3, 0.4) is 0 Å². The molecule has 4 atom stereocenters. The molecule has 0 rings (SSSR count). The standard InChI is InChI=1S/C42H81NO5S.CH4/c1-8-10-12-14-16-18-20-22-24-26-28-30-35(3)40(45)47-32-37(33-49-34-38(43)39(44)42(5,6)7)48-41(46)36(4)31-29-27-25-23-21-19-17-15-13-11-9-2;/h35-38H,8-34,43H2,1-7H3;1H4. The molecular formula is C43H85NO5S. The molecule has 0 aliphatic carbocycles. The molecule has 0 spiro atoms. The van der Waals surface area contributed by atoms with E-state index in [1.54, 1.807) is 0 Å². The van der Waals surface area contributed by atoms with Crippen LogP contribution in [0, 0.1) is 17.3 Å². The van der Waals surface area contributed by atoms with E-state index in [1.165, 1.54) is 127 Å². The van der Waals surface area contributed by atoms with Crippen LogP contribution in [-0.2, 0) is 23.9 Å². The smallest absolute Gasteiger partial charge is 0.309 e. The van der Waals surface area contributed by atoms with Crippen LogP contribution in [0.15, 0.2) is 0 Å². The predicted molar refractivity (Wildman–Crippen MR) is 218 cm³/mol. The Labute approximate surface area is 315 Å². The van der Waals surface area contributed by atoms with Gasteiger partial charge in [-0.25, -0.2) is 0 Å². The third-order valence-electron chi connectivity index (χ3n) is 9.66. The molecule has 0 aromatic carbocycles. The lowest BCUT2D eigenvalue weighted by Gasteiger charge is -2.23. The highest BCUT2D eigenvalue weighted by Crippen LogP contribution is 2.21. The van der Waals surface area contributed by atoms with Crippen LogP contribution in [0.1, 0.15) is 210 Å². The average Bonchev–Trinajstić information content (AvgIpc) is 3.06. The molecule has 0 bridgehead atoms. The summed E-state index contributed by atoms with van der Waals surface area (Å²) in [5.74, 6) is 0.0254. The number of ether oxygens (including phenoxy) is 2. The maximum Gasteiger partial charge on any atom is 0.309 e. The van der Waals surface area contributed by atoms with Crippen molar-refractivity contribution in [1.29, 1.82) is 0 Å². The topological polar surface area (TPSA) is 95.7 Å². The fourth-order valence-corrected chi connectivity index (χ4v) is 7.11. The Morgan fingerprint density at radius 2 is 0.940 bits per heavy atom. The monoisotopic (exact) mass is 728 g/mol. The molecule has 298 valence electrons. The Bertz CT molecular complexity index is 814. The SMILES string of the molecule is C.CCCCCCCCCCCCCC(C)C(=O)OCC(CSCC(N)C(=O)C(C)(C)C)OC(=O)C(C)CCCCCCCCCCCCC. The Balaban J connectivity index is 0. The van der Waals surface area contributed by atoms with Gasteiger partial charge < -0.3 is 15.2 Å². The van der Waals surface area contributed by atoms with Crippen LogP contribution in [0.4, 0.5) is 0 Å². The molecule has 0 aliphatic heterocycles. The molecule has 4 unspecified atom stereocenters. The molecule has 2 N–H and O–H groups in total. The van der Waals surface area contributed by atoms with Crippen LogP contribution in [0.2, 0.25) is 0 Å². The number of rotatable bonds is 34. The molecule has 0 aliphatic rings. The number of hydrogen-bond acceptors (Lipinski definition) is 7. The van der Waals surface area contributed by atoms with E-state index in [9.17, 15) is 14.4 Å². The van der Waals surface area contributed by atoms with Crippen molar-refractivity contribution in [2.45, 2.75) is 222 Å². The average molecular weight is 728 g/mol. The van der Waals surface area contributed by atoms with Crippen molar-refractivity contribution in [2.75, 3.05) is 18.1 Å². The van der Waals surface area contributed by atoms with Crippen LogP contribution >= 0.6 is 11.8 Å². The highest BCUT2D eigenvalue weighted by Gasteiger charge is 2.28. The molecule has 0 amide bonds. The maximum absolute atomic E-state index is 13.1. The lowest BCUT2D eigenvalue weighted by atomic mass is 9.87. The minimum Gasteiger partial charge on any atom is -0.461 e. The summed E-state index contributed by atoms with van der Waals surface area (Å²) in [7, 11) is 0. The number of unbranched alkanes of at least 4 members (excludes halogenated alkanes) is 20. The van der Waals surface area contributed by atoms with Gasteiger partial charge in [-0.05, 0) is 12.8 Å². The number of thioether (sulfide) groups is 1. The Morgan fingerprint density at radius 3 is 1.32 bits per heavy atom. The number of nitrogens with two attached hydrogens (primary N) is 1. The van der Waals surface area contributed by atoms with E-state index in [1.807, 2.05) is 34.6 Å². The molecule has 0 saturated heterocycles. The van der Waals surface area contributed by atoms with Crippen LogP contribution in [-0.4, -0.2) is 48.0 Å². The van der Waals surface area contributed by atoms with E-state index in [-0.39, 0.29) is 43.6 Å². The molecule has 6 nitrogen and oxygen atoms in total.